The molecule has 9 heteroatoms. The van der Waals surface area contributed by atoms with E-state index in [4.69, 9.17) is 16.3 Å². The number of nitrogens with zero attached hydrogens (tertiary/aromatic N) is 2. The van der Waals surface area contributed by atoms with Crippen LogP contribution < -0.4 is 0 Å². The van der Waals surface area contributed by atoms with Gasteiger partial charge in [-0.2, -0.15) is 0 Å². The minimum Gasteiger partial charge on any atom is -0.468 e. The third kappa shape index (κ3) is 55.4. The lowest BCUT2D eigenvalue weighted by Gasteiger charge is -2.18. The molecule has 0 aromatic carbocycles. The molecular formula is C59H115ClN2O6. The van der Waals surface area contributed by atoms with Gasteiger partial charge in [-0.15, -0.1) is 0 Å². The van der Waals surface area contributed by atoms with Gasteiger partial charge in [-0.05, 0) is 134 Å². The van der Waals surface area contributed by atoms with Crippen molar-refractivity contribution in [3.63, 3.8) is 0 Å². The molecule has 0 bridgehead atoms. The first kappa shape index (κ1) is 68.6. The van der Waals surface area contributed by atoms with Crippen LogP contribution in [0.25, 0.3) is 0 Å². The number of hydrogen-bond acceptors (Lipinski definition) is 8. The normalized spacial score (nSPS) is 14.1. The number of carbonyl (C=O) groups excluding carboxylic acids is 4. The van der Waals surface area contributed by atoms with E-state index in [1.54, 1.807) is 6.92 Å². The lowest BCUT2D eigenvalue weighted by Crippen LogP contribution is -2.21. The van der Waals surface area contributed by atoms with Crippen LogP contribution in [0.4, 0.5) is 0 Å². The number of likely N-dealkylation sites (tertiary alicyclic amines) is 2. The van der Waals surface area contributed by atoms with Crippen molar-refractivity contribution in [2.45, 2.75) is 304 Å². The Morgan fingerprint density at radius 2 is 0.897 bits per heavy atom. The third-order valence-corrected chi connectivity index (χ3v) is 14.0. The van der Waals surface area contributed by atoms with E-state index in [-0.39, 0.29) is 17.3 Å². The summed E-state index contributed by atoms with van der Waals surface area (Å²) in [4.78, 5) is 48.2. The molecule has 2 rings (SSSR count). The molecule has 0 saturated carbocycles. The molecule has 2 aliphatic heterocycles. The predicted octanol–water partition coefficient (Wildman–Crippen LogP) is 17.3. The molecule has 0 spiro atoms. The smallest absolute Gasteiger partial charge is 0.306 e. The quantitative estimate of drug-likeness (QED) is 0.0258. The number of ether oxygens (including phenoxy) is 2. The second kappa shape index (κ2) is 56.4. The minimum atomic E-state index is -0.216. The predicted molar refractivity (Wildman–Crippen MR) is 293 cm³/mol. The fraction of sp³-hybridized carbons (Fsp3) is 0.932. The van der Waals surface area contributed by atoms with Gasteiger partial charge in [0.15, 0.2) is 0 Å². The fourth-order valence-electron chi connectivity index (χ4n) is 9.00. The minimum absolute atomic E-state index is 0.0127. The molecule has 0 aromatic rings. The Balaban J connectivity index is 0. The average Bonchev–Trinajstić information content (AvgIpc) is 4.07. The van der Waals surface area contributed by atoms with Gasteiger partial charge < -0.3 is 24.1 Å². The second-order valence-corrected chi connectivity index (χ2v) is 21.0. The average molecular weight is 984 g/mol. The lowest BCUT2D eigenvalue weighted by atomic mass is 9.99. The zero-order valence-corrected chi connectivity index (χ0v) is 46.9. The highest BCUT2D eigenvalue weighted by atomic mass is 35.5. The van der Waals surface area contributed by atoms with Crippen molar-refractivity contribution in [3.05, 3.63) is 0 Å². The standard InChI is InChI=1S/C26H50O4.C15H32.C11H21NO.C7H12ClNO/c1-3-5-7-9-12-16-20-25(21-17-13-10-8-6-4-2)30-26(28)22-18-14-11-15-19-23-29-24-27;1-4-6-7-8-9-10-11-12-13-14-15(3)5-2;1-11(13)7-3-2-4-8-12-9-5-6-10-12;8-7(10)3-6-9-4-1-2-5-9/h24-25H,3-23H2,1-2H3;15H,4-14H2,1-3H3;2-10H2,1H3;1-6H2. The molecule has 0 N–H and O–H groups in total. The maximum Gasteiger partial charge on any atom is 0.306 e. The van der Waals surface area contributed by atoms with Gasteiger partial charge in [-0.1, -0.05) is 195 Å². The van der Waals surface area contributed by atoms with Gasteiger partial charge in [0, 0.05) is 25.8 Å². The Hall–Kier alpha value is -1.51. The summed E-state index contributed by atoms with van der Waals surface area (Å²) in [5, 5.41) is -0.216. The van der Waals surface area contributed by atoms with Gasteiger partial charge in [-0.3, -0.25) is 14.4 Å². The van der Waals surface area contributed by atoms with Crippen LogP contribution in [0.3, 0.4) is 0 Å². The molecule has 2 aliphatic rings. The van der Waals surface area contributed by atoms with Crippen LogP contribution in [-0.4, -0.2) is 85.2 Å². The van der Waals surface area contributed by atoms with E-state index in [0.29, 0.717) is 31.7 Å². The Labute approximate surface area is 428 Å². The van der Waals surface area contributed by atoms with E-state index in [1.165, 1.54) is 206 Å². The molecule has 2 saturated heterocycles. The maximum absolute atomic E-state index is 12.3. The van der Waals surface area contributed by atoms with E-state index >= 15 is 0 Å². The van der Waals surface area contributed by atoms with Crippen LogP contribution >= 0.6 is 11.6 Å². The second-order valence-electron chi connectivity index (χ2n) is 20.6. The topological polar surface area (TPSA) is 93.2 Å². The number of unbranched alkanes of at least 4 members (excludes halogenated alkanes) is 24. The largest absolute Gasteiger partial charge is 0.468 e. The zero-order chi connectivity index (χ0) is 50.4. The molecule has 1 unspecified atom stereocenters. The highest BCUT2D eigenvalue weighted by Crippen LogP contribution is 2.19. The van der Waals surface area contributed by atoms with Gasteiger partial charge in [0.05, 0.1) is 6.61 Å². The first-order chi connectivity index (χ1) is 33.1. The van der Waals surface area contributed by atoms with Crippen molar-refractivity contribution >= 4 is 35.1 Å². The molecule has 2 fully saturated rings. The van der Waals surface area contributed by atoms with Crippen molar-refractivity contribution in [3.8, 4) is 0 Å². The number of carbonyl (C=O) groups is 4. The van der Waals surface area contributed by atoms with Gasteiger partial charge >= 0.3 is 5.97 Å². The summed E-state index contributed by atoms with van der Waals surface area (Å²) >= 11 is 5.19. The first-order valence-corrected chi connectivity index (χ1v) is 29.9. The summed E-state index contributed by atoms with van der Waals surface area (Å²) in [5.74, 6) is 1.27. The highest BCUT2D eigenvalue weighted by Gasteiger charge is 2.15. The highest BCUT2D eigenvalue weighted by molar-refractivity contribution is 6.63. The molecule has 0 amide bonds. The SMILES string of the molecule is CC(=O)CCCCCN1CCCC1.CCCCCCCCC(CCCCCCCC)OC(=O)CCCCCCCOC=O.CCCCCCCCCCCC(C)CC.O=C(Cl)CCN1CCCC1. The molecule has 404 valence electrons. The van der Waals surface area contributed by atoms with E-state index in [9.17, 15) is 19.2 Å². The fourth-order valence-corrected chi connectivity index (χ4v) is 9.08. The Morgan fingerprint density at radius 1 is 0.500 bits per heavy atom. The Kier molecular flexibility index (Phi) is 56.9. The zero-order valence-electron chi connectivity index (χ0n) is 46.2. The van der Waals surface area contributed by atoms with E-state index in [0.717, 1.165) is 83.3 Å². The number of Topliss-reactive ketones (excluding diaryl/α,β-unsaturated/α-hetero) is 1. The van der Waals surface area contributed by atoms with Gasteiger partial charge in [0.25, 0.3) is 6.47 Å². The van der Waals surface area contributed by atoms with Crippen LogP contribution in [0.1, 0.15) is 298 Å². The molecule has 8 nitrogen and oxygen atoms in total. The van der Waals surface area contributed by atoms with Crippen LogP contribution in [0, 0.1) is 5.92 Å². The summed E-state index contributed by atoms with van der Waals surface area (Å²) in [6.07, 6.45) is 49.2. The summed E-state index contributed by atoms with van der Waals surface area (Å²) in [5.41, 5.74) is 0. The summed E-state index contributed by atoms with van der Waals surface area (Å²) in [7, 11) is 0. The molecule has 0 aromatic heterocycles. The maximum atomic E-state index is 12.3. The molecule has 2 heterocycles. The van der Waals surface area contributed by atoms with Crippen LogP contribution in [0.2, 0.25) is 0 Å². The monoisotopic (exact) mass is 983 g/mol. The van der Waals surface area contributed by atoms with Crippen molar-refractivity contribution in [1.82, 2.24) is 9.80 Å². The van der Waals surface area contributed by atoms with Crippen molar-refractivity contribution in [1.29, 1.82) is 0 Å². The summed E-state index contributed by atoms with van der Waals surface area (Å²) in [6, 6.07) is 0. The molecular weight excluding hydrogens is 868 g/mol. The number of hydrogen-bond donors (Lipinski definition) is 0. The van der Waals surface area contributed by atoms with E-state index in [1.807, 2.05) is 0 Å². The van der Waals surface area contributed by atoms with Crippen LogP contribution in [-0.2, 0) is 28.7 Å². The molecule has 68 heavy (non-hydrogen) atoms. The van der Waals surface area contributed by atoms with Gasteiger partial charge in [0.1, 0.15) is 11.9 Å². The van der Waals surface area contributed by atoms with Crippen molar-refractivity contribution in [2.75, 3.05) is 45.9 Å². The van der Waals surface area contributed by atoms with Gasteiger partial charge in [0.2, 0.25) is 5.24 Å². The van der Waals surface area contributed by atoms with Crippen LogP contribution in [0.5, 0.6) is 0 Å². The molecule has 0 radical (unpaired) electrons. The van der Waals surface area contributed by atoms with Crippen LogP contribution in [0.15, 0.2) is 0 Å². The third-order valence-electron chi connectivity index (χ3n) is 13.8. The summed E-state index contributed by atoms with van der Waals surface area (Å²) in [6.45, 7) is 21.1. The number of esters is 1. The van der Waals surface area contributed by atoms with Crippen molar-refractivity contribution in [2.24, 2.45) is 5.92 Å². The molecule has 1 atom stereocenters. The Morgan fingerprint density at radius 3 is 1.34 bits per heavy atom. The number of rotatable bonds is 44. The number of halogens is 1. The lowest BCUT2D eigenvalue weighted by molar-refractivity contribution is -0.150. The summed E-state index contributed by atoms with van der Waals surface area (Å²) < 4.78 is 10.6. The first-order valence-electron chi connectivity index (χ1n) is 29.5. The Bertz CT molecular complexity index is 1050. The van der Waals surface area contributed by atoms with E-state index in [2.05, 4.69) is 49.2 Å². The number of ketones is 1. The van der Waals surface area contributed by atoms with Gasteiger partial charge in [-0.25, -0.2) is 0 Å². The van der Waals surface area contributed by atoms with E-state index < -0.39 is 0 Å². The molecule has 0 aliphatic carbocycles. The van der Waals surface area contributed by atoms with Crippen molar-refractivity contribution < 1.29 is 28.7 Å².